The highest BCUT2D eigenvalue weighted by molar-refractivity contribution is 7.92. The summed E-state index contributed by atoms with van der Waals surface area (Å²) in [7, 11) is -4.01. The van der Waals surface area contributed by atoms with Crippen molar-refractivity contribution in [3.8, 4) is 0 Å². The zero-order valence-electron chi connectivity index (χ0n) is 18.9. The van der Waals surface area contributed by atoms with Crippen molar-refractivity contribution >= 4 is 32.9 Å². The van der Waals surface area contributed by atoms with Gasteiger partial charge in [-0.15, -0.1) is 0 Å². The van der Waals surface area contributed by atoms with Gasteiger partial charge in [0.2, 0.25) is 0 Å². The van der Waals surface area contributed by atoms with Gasteiger partial charge in [-0.2, -0.15) is 0 Å². The zero-order valence-corrected chi connectivity index (χ0v) is 19.7. The second-order valence-electron chi connectivity index (χ2n) is 8.68. The molecular weight excluding hydrogens is 438 g/mol. The van der Waals surface area contributed by atoms with Gasteiger partial charge in [0.05, 0.1) is 16.9 Å². The summed E-state index contributed by atoms with van der Waals surface area (Å²) in [4.78, 5) is 14.6. The Morgan fingerprint density at radius 3 is 2.58 bits per heavy atom. The largest absolute Gasteiger partial charge is 0.478 e. The van der Waals surface area contributed by atoms with Crippen molar-refractivity contribution in [1.82, 2.24) is 4.90 Å². The van der Waals surface area contributed by atoms with Crippen molar-refractivity contribution in [3.63, 3.8) is 0 Å². The Bertz CT molecular complexity index is 1170. The lowest BCUT2D eigenvalue weighted by molar-refractivity contribution is 0.0697. The van der Waals surface area contributed by atoms with Crippen LogP contribution in [-0.2, 0) is 16.4 Å². The fourth-order valence-electron chi connectivity index (χ4n) is 4.74. The Kier molecular flexibility index (Phi) is 7.05. The predicted octanol–water partition coefficient (Wildman–Crippen LogP) is 4.43. The first-order chi connectivity index (χ1) is 15.9. The average Bonchev–Trinajstić information content (AvgIpc) is 2.80. The number of sulfonamides is 1. The van der Waals surface area contributed by atoms with Crippen LogP contribution < -0.4 is 10.0 Å². The van der Waals surface area contributed by atoms with Gasteiger partial charge < -0.3 is 15.3 Å². The number of benzene rings is 2. The summed E-state index contributed by atoms with van der Waals surface area (Å²) in [5, 5.41) is 13.2. The normalized spacial score (nSPS) is 16.6. The molecule has 0 saturated carbocycles. The van der Waals surface area contributed by atoms with Gasteiger partial charge in [-0.1, -0.05) is 30.7 Å². The Morgan fingerprint density at radius 2 is 1.82 bits per heavy atom. The number of anilines is 2. The van der Waals surface area contributed by atoms with Crippen LogP contribution in [0, 0.1) is 0 Å². The number of nitrogens with one attached hydrogen (secondary N) is 2. The minimum absolute atomic E-state index is 0.0000591. The number of allylic oxidation sites excluding steroid dienone is 2. The van der Waals surface area contributed by atoms with Crippen LogP contribution in [0.25, 0.3) is 5.57 Å². The zero-order chi connectivity index (χ0) is 23.4. The molecule has 0 amide bonds. The summed E-state index contributed by atoms with van der Waals surface area (Å²) in [6.45, 7) is 5.50. The highest BCUT2D eigenvalue weighted by Crippen LogP contribution is 2.35. The highest BCUT2D eigenvalue weighted by atomic mass is 32.2. The maximum Gasteiger partial charge on any atom is 0.338 e. The van der Waals surface area contributed by atoms with E-state index in [2.05, 4.69) is 14.9 Å². The quantitative estimate of drug-likeness (QED) is 0.529. The number of fused-ring (bicyclic) bond motifs is 1. The van der Waals surface area contributed by atoms with Crippen molar-refractivity contribution in [2.75, 3.05) is 36.2 Å². The van der Waals surface area contributed by atoms with Gasteiger partial charge in [0, 0.05) is 13.1 Å². The standard InChI is InChI=1S/C25H31N3O4S/c1-18-8-7-9-19-12-13-21(24(23(18)19)25(29)30)27-33(31,32)22-11-4-3-10-20(22)26-14-17-28-15-5-2-6-16-28/h3-4,8,10-13,26-27H,2,5-7,9,14-17H2,1H3,(H,29,30). The fraction of sp³-hybridized carbons (Fsp3) is 0.400. The van der Waals surface area contributed by atoms with E-state index in [9.17, 15) is 18.3 Å². The Hall–Kier alpha value is -2.84. The van der Waals surface area contributed by atoms with Crippen molar-refractivity contribution in [2.24, 2.45) is 0 Å². The number of carbonyl (C=O) groups is 1. The molecule has 0 atom stereocenters. The number of para-hydroxylation sites is 1. The molecule has 3 N–H and O–H groups in total. The number of carboxylic acid groups (broad SMARTS) is 1. The van der Waals surface area contributed by atoms with E-state index in [1.54, 1.807) is 24.3 Å². The highest BCUT2D eigenvalue weighted by Gasteiger charge is 2.26. The number of likely N-dealkylation sites (tertiary alicyclic amines) is 1. The lowest BCUT2D eigenvalue weighted by atomic mass is 9.87. The molecule has 1 aliphatic carbocycles. The van der Waals surface area contributed by atoms with Gasteiger partial charge in [-0.25, -0.2) is 13.2 Å². The fourth-order valence-corrected chi connectivity index (χ4v) is 5.99. The predicted molar refractivity (Wildman–Crippen MR) is 131 cm³/mol. The number of hydrogen-bond acceptors (Lipinski definition) is 5. The first-order valence-electron chi connectivity index (χ1n) is 11.5. The van der Waals surface area contributed by atoms with E-state index in [-0.39, 0.29) is 16.1 Å². The van der Waals surface area contributed by atoms with Crippen LogP contribution in [0.3, 0.4) is 0 Å². The van der Waals surface area contributed by atoms with Crippen molar-refractivity contribution in [1.29, 1.82) is 0 Å². The lowest BCUT2D eigenvalue weighted by Gasteiger charge is -2.26. The second kappa shape index (κ2) is 9.97. The van der Waals surface area contributed by atoms with E-state index in [0.717, 1.165) is 43.6 Å². The first kappa shape index (κ1) is 23.3. The summed E-state index contributed by atoms with van der Waals surface area (Å²) in [5.41, 5.74) is 2.98. The number of aromatic carboxylic acids is 1. The maximum absolute atomic E-state index is 13.3. The van der Waals surface area contributed by atoms with E-state index in [0.29, 0.717) is 17.8 Å². The molecule has 2 aliphatic rings. The number of carboxylic acids is 1. The summed E-state index contributed by atoms with van der Waals surface area (Å²) >= 11 is 0. The minimum atomic E-state index is -4.01. The summed E-state index contributed by atoms with van der Waals surface area (Å²) in [5.74, 6) is -1.15. The van der Waals surface area contributed by atoms with Crippen LogP contribution in [-0.4, -0.2) is 50.6 Å². The number of aryl methyl sites for hydroxylation is 1. The van der Waals surface area contributed by atoms with Crippen molar-refractivity contribution in [3.05, 3.63) is 59.2 Å². The van der Waals surface area contributed by atoms with Crippen LogP contribution >= 0.6 is 0 Å². The molecule has 33 heavy (non-hydrogen) atoms. The van der Waals surface area contributed by atoms with E-state index in [1.165, 1.54) is 25.3 Å². The monoisotopic (exact) mass is 469 g/mol. The van der Waals surface area contributed by atoms with E-state index in [1.807, 2.05) is 19.1 Å². The van der Waals surface area contributed by atoms with Crippen molar-refractivity contribution in [2.45, 2.75) is 43.9 Å². The lowest BCUT2D eigenvalue weighted by Crippen LogP contribution is -2.33. The molecular formula is C25H31N3O4S. The third-order valence-electron chi connectivity index (χ3n) is 6.38. The molecule has 4 rings (SSSR count). The van der Waals surface area contributed by atoms with Gasteiger partial charge in [-0.3, -0.25) is 4.72 Å². The maximum atomic E-state index is 13.3. The molecule has 176 valence electrons. The van der Waals surface area contributed by atoms with Crippen LogP contribution in [0.1, 0.15) is 54.1 Å². The van der Waals surface area contributed by atoms with Gasteiger partial charge in [0.25, 0.3) is 10.0 Å². The molecule has 7 nitrogen and oxygen atoms in total. The van der Waals surface area contributed by atoms with Crippen LogP contribution in [0.5, 0.6) is 0 Å². The van der Waals surface area contributed by atoms with E-state index < -0.39 is 16.0 Å². The van der Waals surface area contributed by atoms with Crippen LogP contribution in [0.15, 0.2) is 47.4 Å². The smallest absolute Gasteiger partial charge is 0.338 e. The van der Waals surface area contributed by atoms with Gasteiger partial charge in [-0.05, 0) is 80.6 Å². The molecule has 2 aromatic rings. The molecule has 0 bridgehead atoms. The van der Waals surface area contributed by atoms with Gasteiger partial charge in [0.1, 0.15) is 4.90 Å². The SMILES string of the molecule is CC1=CCCc2ccc(NS(=O)(=O)c3ccccc3NCCN3CCCCC3)c(C(=O)O)c21. The Morgan fingerprint density at radius 1 is 1.06 bits per heavy atom. The minimum Gasteiger partial charge on any atom is -0.478 e. The molecule has 0 spiro atoms. The van der Waals surface area contributed by atoms with Gasteiger partial charge >= 0.3 is 5.97 Å². The van der Waals surface area contributed by atoms with Crippen molar-refractivity contribution < 1.29 is 18.3 Å². The third-order valence-corrected chi connectivity index (χ3v) is 7.80. The third kappa shape index (κ3) is 5.23. The molecule has 1 aliphatic heterocycles. The number of rotatable bonds is 8. The Labute approximate surface area is 195 Å². The molecule has 1 heterocycles. The Balaban J connectivity index is 1.58. The average molecular weight is 470 g/mol. The topological polar surface area (TPSA) is 98.7 Å². The number of nitrogens with zero attached hydrogens (tertiary/aromatic N) is 1. The summed E-state index contributed by atoms with van der Waals surface area (Å²) in [6.07, 6.45) is 7.26. The van der Waals surface area contributed by atoms with Gasteiger partial charge in [0.15, 0.2) is 0 Å². The van der Waals surface area contributed by atoms with E-state index >= 15 is 0 Å². The van der Waals surface area contributed by atoms with E-state index in [4.69, 9.17) is 0 Å². The molecule has 1 fully saturated rings. The number of hydrogen-bond donors (Lipinski definition) is 3. The molecule has 0 radical (unpaired) electrons. The first-order valence-corrected chi connectivity index (χ1v) is 13.0. The second-order valence-corrected chi connectivity index (χ2v) is 10.3. The molecule has 2 aromatic carbocycles. The van der Waals surface area contributed by atoms with Crippen LogP contribution in [0.2, 0.25) is 0 Å². The summed E-state index contributed by atoms with van der Waals surface area (Å²) in [6, 6.07) is 10.1. The number of piperidine rings is 1. The molecule has 0 aromatic heterocycles. The van der Waals surface area contributed by atoms with Crippen LogP contribution in [0.4, 0.5) is 11.4 Å². The molecule has 8 heteroatoms. The molecule has 1 saturated heterocycles. The molecule has 0 unspecified atom stereocenters. The summed E-state index contributed by atoms with van der Waals surface area (Å²) < 4.78 is 29.2.